The molecule has 6 nitrogen and oxygen atoms in total. The first-order valence-electron chi connectivity index (χ1n) is 8.48. The number of fused-ring (bicyclic) bond motifs is 3. The minimum Gasteiger partial charge on any atom is -0.255 e. The topological polar surface area (TPSA) is 60.9 Å². The van der Waals surface area contributed by atoms with E-state index >= 15 is 0 Å². The number of aryl methyl sites for hydroxylation is 1. The molecule has 26 heavy (non-hydrogen) atoms. The molecule has 2 aromatic carbocycles. The van der Waals surface area contributed by atoms with Crippen LogP contribution in [0.1, 0.15) is 11.4 Å². The summed E-state index contributed by atoms with van der Waals surface area (Å²) in [7, 11) is 0. The maximum atomic E-state index is 4.82. The van der Waals surface area contributed by atoms with Crippen molar-refractivity contribution in [2.75, 3.05) is 0 Å². The van der Waals surface area contributed by atoms with Crippen LogP contribution in [-0.4, -0.2) is 30.4 Å². The fraction of sp³-hybridized carbons (Fsp3) is 0.100. The predicted molar refractivity (Wildman–Crippen MR) is 99.8 cm³/mol. The van der Waals surface area contributed by atoms with Crippen molar-refractivity contribution in [3.63, 3.8) is 0 Å². The van der Waals surface area contributed by atoms with Crippen LogP contribution in [0.25, 0.3) is 22.8 Å². The molecule has 0 bridgehead atoms. The van der Waals surface area contributed by atoms with Crippen LogP contribution in [0.5, 0.6) is 0 Å². The average Bonchev–Trinajstić information content (AvgIpc) is 3.23. The molecule has 3 heterocycles. The van der Waals surface area contributed by atoms with E-state index in [9.17, 15) is 0 Å². The van der Waals surface area contributed by atoms with Crippen molar-refractivity contribution in [3.8, 4) is 22.8 Å². The van der Waals surface area contributed by atoms with Gasteiger partial charge >= 0.3 is 0 Å². The standard InChI is InChI=1S/C20H16N6/c1-14-21-22-20-19-12-17(15-8-4-2-5-9-15)23-25(19)13-18(24-26(14)20)16-10-6-3-7-11-16/h2-12H,13H2,1H3. The van der Waals surface area contributed by atoms with E-state index in [1.54, 1.807) is 4.68 Å². The van der Waals surface area contributed by atoms with Gasteiger partial charge in [0.05, 0.1) is 18.0 Å². The molecule has 1 aliphatic heterocycles. The summed E-state index contributed by atoms with van der Waals surface area (Å²) >= 11 is 0. The number of benzene rings is 2. The first-order valence-corrected chi connectivity index (χ1v) is 8.48. The SMILES string of the molecule is Cc1nnc2n1N=C(c1ccccc1)Cn1nc(-c3ccccc3)cc1-2. The molecule has 0 amide bonds. The van der Waals surface area contributed by atoms with Crippen LogP contribution in [-0.2, 0) is 6.54 Å². The highest BCUT2D eigenvalue weighted by Crippen LogP contribution is 2.28. The number of hydrogen-bond acceptors (Lipinski definition) is 4. The van der Waals surface area contributed by atoms with Gasteiger partial charge in [-0.25, -0.2) is 0 Å². The van der Waals surface area contributed by atoms with Crippen molar-refractivity contribution in [3.05, 3.63) is 78.1 Å². The Balaban J connectivity index is 1.70. The van der Waals surface area contributed by atoms with Crippen molar-refractivity contribution >= 4 is 5.71 Å². The molecule has 0 saturated carbocycles. The maximum absolute atomic E-state index is 4.82. The van der Waals surface area contributed by atoms with E-state index in [1.807, 2.05) is 48.0 Å². The van der Waals surface area contributed by atoms with E-state index in [2.05, 4.69) is 40.5 Å². The maximum Gasteiger partial charge on any atom is 0.203 e. The van der Waals surface area contributed by atoms with Crippen LogP contribution >= 0.6 is 0 Å². The zero-order valence-corrected chi connectivity index (χ0v) is 14.2. The molecule has 0 radical (unpaired) electrons. The van der Waals surface area contributed by atoms with Crippen LogP contribution in [0.2, 0.25) is 0 Å². The Morgan fingerprint density at radius 3 is 2.27 bits per heavy atom. The van der Waals surface area contributed by atoms with Gasteiger partial charge in [0, 0.05) is 5.56 Å². The zero-order chi connectivity index (χ0) is 17.5. The third-order valence-corrected chi connectivity index (χ3v) is 4.50. The van der Waals surface area contributed by atoms with Crippen LogP contribution < -0.4 is 0 Å². The lowest BCUT2D eigenvalue weighted by atomic mass is 10.1. The van der Waals surface area contributed by atoms with Gasteiger partial charge in [-0.15, -0.1) is 10.2 Å². The number of aromatic nitrogens is 5. The Bertz CT molecular complexity index is 1110. The molecule has 2 aromatic heterocycles. The van der Waals surface area contributed by atoms with Crippen molar-refractivity contribution < 1.29 is 0 Å². The van der Waals surface area contributed by atoms with Crippen molar-refractivity contribution in [1.29, 1.82) is 0 Å². The number of nitrogens with zero attached hydrogens (tertiary/aromatic N) is 6. The van der Waals surface area contributed by atoms with Gasteiger partial charge in [-0.3, -0.25) is 4.68 Å². The lowest BCUT2D eigenvalue weighted by Crippen LogP contribution is -2.13. The Hall–Kier alpha value is -3.54. The molecular formula is C20H16N6. The van der Waals surface area contributed by atoms with E-state index in [4.69, 9.17) is 10.2 Å². The first kappa shape index (κ1) is 14.8. The highest BCUT2D eigenvalue weighted by molar-refractivity contribution is 6.01. The summed E-state index contributed by atoms with van der Waals surface area (Å²) in [6, 6.07) is 22.4. The smallest absolute Gasteiger partial charge is 0.203 e. The summed E-state index contributed by atoms with van der Waals surface area (Å²) < 4.78 is 3.76. The fourth-order valence-corrected chi connectivity index (χ4v) is 3.18. The van der Waals surface area contributed by atoms with Crippen molar-refractivity contribution in [1.82, 2.24) is 24.7 Å². The van der Waals surface area contributed by atoms with E-state index in [1.165, 1.54) is 0 Å². The lowest BCUT2D eigenvalue weighted by Gasteiger charge is -2.06. The van der Waals surface area contributed by atoms with Gasteiger partial charge in [-0.05, 0) is 18.6 Å². The van der Waals surface area contributed by atoms with E-state index < -0.39 is 0 Å². The Labute approximate surface area is 150 Å². The third kappa shape index (κ3) is 2.35. The molecule has 0 unspecified atom stereocenters. The Kier molecular flexibility index (Phi) is 3.28. The molecule has 5 rings (SSSR count). The van der Waals surface area contributed by atoms with Crippen LogP contribution in [0.4, 0.5) is 0 Å². The molecule has 4 aromatic rings. The molecule has 0 N–H and O–H groups in total. The summed E-state index contributed by atoms with van der Waals surface area (Å²) in [5, 5.41) is 18.2. The van der Waals surface area contributed by atoms with Gasteiger partial charge in [0.25, 0.3) is 0 Å². The molecule has 126 valence electrons. The van der Waals surface area contributed by atoms with Gasteiger partial charge in [0.15, 0.2) is 5.82 Å². The van der Waals surface area contributed by atoms with E-state index in [-0.39, 0.29) is 0 Å². The van der Waals surface area contributed by atoms with Crippen LogP contribution in [0.3, 0.4) is 0 Å². The van der Waals surface area contributed by atoms with Gasteiger partial charge in [0.2, 0.25) is 5.82 Å². The summed E-state index contributed by atoms with van der Waals surface area (Å²) in [4.78, 5) is 0. The van der Waals surface area contributed by atoms with Gasteiger partial charge < -0.3 is 0 Å². The minimum absolute atomic E-state index is 0.578. The molecule has 6 heteroatoms. The van der Waals surface area contributed by atoms with Gasteiger partial charge in [0.1, 0.15) is 5.69 Å². The zero-order valence-electron chi connectivity index (χ0n) is 14.2. The van der Waals surface area contributed by atoms with E-state index in [0.717, 1.165) is 34.1 Å². The first-order chi connectivity index (χ1) is 12.8. The highest BCUT2D eigenvalue weighted by Gasteiger charge is 2.23. The number of rotatable bonds is 2. The monoisotopic (exact) mass is 340 g/mol. The van der Waals surface area contributed by atoms with Crippen molar-refractivity contribution in [2.45, 2.75) is 13.5 Å². The molecule has 0 aliphatic carbocycles. The lowest BCUT2D eigenvalue weighted by molar-refractivity contribution is 0.735. The summed E-state index contributed by atoms with van der Waals surface area (Å²) in [5.74, 6) is 1.47. The second-order valence-corrected chi connectivity index (χ2v) is 6.23. The quantitative estimate of drug-likeness (QED) is 0.562. The Morgan fingerprint density at radius 2 is 1.54 bits per heavy atom. The van der Waals surface area contributed by atoms with Crippen LogP contribution in [0.15, 0.2) is 71.8 Å². The fourth-order valence-electron chi connectivity index (χ4n) is 3.18. The number of hydrogen-bond donors (Lipinski definition) is 0. The molecule has 0 spiro atoms. The predicted octanol–water partition coefficient (Wildman–Crippen LogP) is 3.38. The molecule has 0 atom stereocenters. The second kappa shape index (κ2) is 5.77. The van der Waals surface area contributed by atoms with Gasteiger partial charge in [-0.1, -0.05) is 60.7 Å². The summed E-state index contributed by atoms with van der Waals surface area (Å²) in [6.45, 7) is 2.49. The van der Waals surface area contributed by atoms with Crippen LogP contribution in [0, 0.1) is 6.92 Å². The minimum atomic E-state index is 0.578. The van der Waals surface area contributed by atoms with Gasteiger partial charge in [-0.2, -0.15) is 14.9 Å². The normalized spacial score (nSPS) is 12.9. The molecule has 1 aliphatic rings. The third-order valence-electron chi connectivity index (χ3n) is 4.50. The average molecular weight is 340 g/mol. The highest BCUT2D eigenvalue weighted by atomic mass is 15.5. The largest absolute Gasteiger partial charge is 0.255 e. The molecule has 0 fully saturated rings. The second-order valence-electron chi connectivity index (χ2n) is 6.23. The summed E-state index contributed by atoms with van der Waals surface area (Å²) in [6.07, 6.45) is 0. The van der Waals surface area contributed by atoms with Crippen molar-refractivity contribution in [2.24, 2.45) is 5.10 Å². The van der Waals surface area contributed by atoms with E-state index in [0.29, 0.717) is 12.4 Å². The Morgan fingerprint density at radius 1 is 0.846 bits per heavy atom. The summed E-state index contributed by atoms with van der Waals surface area (Å²) in [5.41, 5.74) is 4.91. The molecule has 0 saturated heterocycles. The molecular weight excluding hydrogens is 324 g/mol.